The molecule has 3 rings (SSSR count). The summed E-state index contributed by atoms with van der Waals surface area (Å²) in [7, 11) is 0. The lowest BCUT2D eigenvalue weighted by atomic mass is 9.98. The van der Waals surface area contributed by atoms with Gasteiger partial charge in [0.1, 0.15) is 5.54 Å². The molecule has 1 aromatic rings. The number of likely N-dealkylation sites (tertiary alicyclic amines) is 1. The number of hydrogen-bond donors (Lipinski definition) is 1. The van der Waals surface area contributed by atoms with E-state index in [9.17, 15) is 9.59 Å². The van der Waals surface area contributed by atoms with Gasteiger partial charge in [0, 0.05) is 37.0 Å². The molecule has 0 bridgehead atoms. The zero-order chi connectivity index (χ0) is 16.8. The molecule has 0 aliphatic carbocycles. The molecule has 7 heteroatoms. The van der Waals surface area contributed by atoms with Gasteiger partial charge in [0.05, 0.1) is 10.7 Å². The lowest BCUT2D eigenvalue weighted by molar-refractivity contribution is -0.132. The smallest absolute Gasteiger partial charge is 0.322 e. The van der Waals surface area contributed by atoms with Gasteiger partial charge in [-0.3, -0.25) is 14.6 Å². The Morgan fingerprint density at radius 3 is 2.65 bits per heavy atom. The fraction of sp³-hybridized carbons (Fsp3) is 0.688. The van der Waals surface area contributed by atoms with Gasteiger partial charge in [0.15, 0.2) is 0 Å². The number of aromatic nitrogens is 1. The van der Waals surface area contributed by atoms with E-state index in [0.29, 0.717) is 18.9 Å². The summed E-state index contributed by atoms with van der Waals surface area (Å²) in [6.07, 6.45) is 0.669. The van der Waals surface area contributed by atoms with Crippen LogP contribution in [0.2, 0.25) is 0 Å². The van der Waals surface area contributed by atoms with Crippen molar-refractivity contribution in [2.75, 3.05) is 13.1 Å². The second-order valence-corrected chi connectivity index (χ2v) is 7.96. The van der Waals surface area contributed by atoms with Gasteiger partial charge in [-0.1, -0.05) is 13.8 Å². The van der Waals surface area contributed by atoms with Crippen LogP contribution in [0, 0.1) is 0 Å². The summed E-state index contributed by atoms with van der Waals surface area (Å²) in [5.74, 6) is 0.357. The molecule has 1 N–H and O–H groups in total. The Bertz CT molecular complexity index is 627. The maximum atomic E-state index is 12.7. The molecule has 2 saturated heterocycles. The SMILES string of the molecule is CC(C)c1nc(CN2CC[C@]3(C2)NC(=O)N(C(C)C)C3=O)cs1. The quantitative estimate of drug-likeness (QED) is 0.856. The van der Waals surface area contributed by atoms with Crippen molar-refractivity contribution in [1.29, 1.82) is 0 Å². The lowest BCUT2D eigenvalue weighted by Crippen LogP contribution is -2.49. The van der Waals surface area contributed by atoms with Crippen molar-refractivity contribution in [3.05, 3.63) is 16.1 Å². The van der Waals surface area contributed by atoms with E-state index in [2.05, 4.69) is 34.4 Å². The minimum Gasteiger partial charge on any atom is -0.322 e. The average molecular weight is 336 g/mol. The molecule has 3 amide bonds. The topological polar surface area (TPSA) is 65.5 Å². The summed E-state index contributed by atoms with van der Waals surface area (Å²) >= 11 is 1.69. The fourth-order valence-corrected chi connectivity index (χ4v) is 4.13. The van der Waals surface area contributed by atoms with E-state index < -0.39 is 5.54 Å². The molecule has 0 saturated carbocycles. The maximum absolute atomic E-state index is 12.7. The van der Waals surface area contributed by atoms with Gasteiger partial charge in [-0.25, -0.2) is 9.78 Å². The van der Waals surface area contributed by atoms with E-state index in [4.69, 9.17) is 0 Å². The van der Waals surface area contributed by atoms with Crippen molar-refractivity contribution in [2.24, 2.45) is 0 Å². The largest absolute Gasteiger partial charge is 0.325 e. The van der Waals surface area contributed by atoms with Gasteiger partial charge in [-0.15, -0.1) is 11.3 Å². The second-order valence-electron chi connectivity index (χ2n) is 7.07. The molecule has 0 radical (unpaired) electrons. The van der Waals surface area contributed by atoms with Crippen LogP contribution in [0.25, 0.3) is 0 Å². The average Bonchev–Trinajstić information content (AvgIpc) is 3.12. The monoisotopic (exact) mass is 336 g/mol. The Hall–Kier alpha value is -1.47. The molecule has 23 heavy (non-hydrogen) atoms. The molecule has 3 heterocycles. The highest BCUT2D eigenvalue weighted by Crippen LogP contribution is 2.31. The molecular formula is C16H24N4O2S. The molecular weight excluding hydrogens is 312 g/mol. The number of rotatable bonds is 4. The van der Waals surface area contributed by atoms with E-state index in [0.717, 1.165) is 23.8 Å². The molecule has 2 aliphatic rings. The first-order valence-electron chi connectivity index (χ1n) is 8.15. The van der Waals surface area contributed by atoms with Gasteiger partial charge >= 0.3 is 6.03 Å². The van der Waals surface area contributed by atoms with Gasteiger partial charge in [-0.2, -0.15) is 0 Å². The first kappa shape index (κ1) is 16.4. The van der Waals surface area contributed by atoms with E-state index in [1.165, 1.54) is 4.90 Å². The van der Waals surface area contributed by atoms with Crippen molar-refractivity contribution >= 4 is 23.3 Å². The maximum Gasteiger partial charge on any atom is 0.325 e. The van der Waals surface area contributed by atoms with E-state index in [1.807, 2.05) is 13.8 Å². The Labute approximate surface area is 140 Å². The Kier molecular flexibility index (Phi) is 4.18. The predicted octanol–water partition coefficient (Wildman–Crippen LogP) is 2.17. The van der Waals surface area contributed by atoms with Crippen LogP contribution in [0.15, 0.2) is 5.38 Å². The molecule has 0 aromatic carbocycles. The van der Waals surface area contributed by atoms with Crippen LogP contribution in [-0.2, 0) is 11.3 Å². The summed E-state index contributed by atoms with van der Waals surface area (Å²) in [6, 6.07) is -0.370. The van der Waals surface area contributed by atoms with E-state index in [1.54, 1.807) is 11.3 Å². The normalized spacial score (nSPS) is 25.4. The third-order valence-electron chi connectivity index (χ3n) is 4.51. The van der Waals surface area contributed by atoms with Crippen LogP contribution in [0.5, 0.6) is 0 Å². The number of amides is 3. The summed E-state index contributed by atoms with van der Waals surface area (Å²) in [5, 5.41) is 6.16. The third-order valence-corrected chi connectivity index (χ3v) is 5.70. The molecule has 2 fully saturated rings. The van der Waals surface area contributed by atoms with Crippen molar-refractivity contribution in [2.45, 2.75) is 58.2 Å². The number of carbonyl (C=O) groups excluding carboxylic acids is 2. The molecule has 1 spiro atoms. The summed E-state index contributed by atoms with van der Waals surface area (Å²) in [5.41, 5.74) is 0.311. The first-order valence-corrected chi connectivity index (χ1v) is 9.03. The number of thiazole rings is 1. The minimum atomic E-state index is -0.738. The summed E-state index contributed by atoms with van der Waals surface area (Å²) in [4.78, 5) is 33.0. The second kappa shape index (κ2) is 5.87. The minimum absolute atomic E-state index is 0.0823. The molecule has 1 atom stereocenters. The number of nitrogens with zero attached hydrogens (tertiary/aromatic N) is 3. The lowest BCUT2D eigenvalue weighted by Gasteiger charge is -2.23. The third kappa shape index (κ3) is 2.87. The van der Waals surface area contributed by atoms with E-state index >= 15 is 0 Å². The summed E-state index contributed by atoms with van der Waals surface area (Å²) in [6.45, 7) is 10.1. The van der Waals surface area contributed by atoms with Crippen LogP contribution < -0.4 is 5.32 Å². The van der Waals surface area contributed by atoms with Crippen LogP contribution in [-0.4, -0.2) is 51.4 Å². The Morgan fingerprint density at radius 2 is 2.09 bits per heavy atom. The van der Waals surface area contributed by atoms with Crippen molar-refractivity contribution in [1.82, 2.24) is 20.1 Å². The highest BCUT2D eigenvalue weighted by Gasteiger charge is 2.55. The zero-order valence-electron chi connectivity index (χ0n) is 14.1. The van der Waals surface area contributed by atoms with Crippen molar-refractivity contribution in [3.63, 3.8) is 0 Å². The highest BCUT2D eigenvalue weighted by molar-refractivity contribution is 7.09. The molecule has 1 aromatic heterocycles. The number of urea groups is 1. The number of carbonyl (C=O) groups is 2. The number of imide groups is 1. The van der Waals surface area contributed by atoms with Crippen LogP contribution in [0.4, 0.5) is 4.79 Å². The molecule has 2 aliphatic heterocycles. The standard InChI is InChI=1S/C16H24N4O2S/c1-10(2)13-17-12(8-23-13)7-19-6-5-16(9-19)14(21)20(11(3)4)15(22)18-16/h8,10-11H,5-7,9H2,1-4H3,(H,18,22)/t16-/m1/s1. The number of hydrogen-bond acceptors (Lipinski definition) is 5. The van der Waals surface area contributed by atoms with Crippen molar-refractivity contribution in [3.8, 4) is 0 Å². The van der Waals surface area contributed by atoms with Gasteiger partial charge < -0.3 is 5.32 Å². The van der Waals surface area contributed by atoms with Crippen LogP contribution in [0.3, 0.4) is 0 Å². The van der Waals surface area contributed by atoms with Gasteiger partial charge in [0.2, 0.25) is 0 Å². The molecule has 126 valence electrons. The fourth-order valence-electron chi connectivity index (χ4n) is 3.30. The molecule has 0 unspecified atom stereocenters. The zero-order valence-corrected chi connectivity index (χ0v) is 14.9. The highest BCUT2D eigenvalue weighted by atomic mass is 32.1. The first-order chi connectivity index (χ1) is 10.8. The van der Waals surface area contributed by atoms with Crippen LogP contribution >= 0.6 is 11.3 Å². The van der Waals surface area contributed by atoms with Crippen LogP contribution in [0.1, 0.15) is 50.7 Å². The predicted molar refractivity (Wildman–Crippen MR) is 89.3 cm³/mol. The Morgan fingerprint density at radius 1 is 1.35 bits per heavy atom. The Balaban J connectivity index is 1.68. The van der Waals surface area contributed by atoms with Gasteiger partial charge in [0.25, 0.3) is 5.91 Å². The van der Waals surface area contributed by atoms with Gasteiger partial charge in [-0.05, 0) is 20.3 Å². The molecule has 6 nitrogen and oxygen atoms in total. The van der Waals surface area contributed by atoms with Crippen molar-refractivity contribution < 1.29 is 9.59 Å². The summed E-state index contributed by atoms with van der Waals surface area (Å²) < 4.78 is 0. The van der Waals surface area contributed by atoms with E-state index in [-0.39, 0.29) is 18.0 Å². The number of nitrogens with one attached hydrogen (secondary N) is 1.